The molecule has 0 aliphatic heterocycles. The van der Waals surface area contributed by atoms with Gasteiger partial charge in [-0.25, -0.2) is 9.37 Å². The topological polar surface area (TPSA) is 62.3 Å². The Kier molecular flexibility index (Phi) is 6.31. The van der Waals surface area contributed by atoms with Gasteiger partial charge in [0.05, 0.1) is 10.6 Å². The minimum Gasteiger partial charge on any atom is -0.358 e. The molecule has 2 aromatic rings. The van der Waals surface area contributed by atoms with E-state index in [2.05, 4.69) is 10.3 Å². The maximum absolute atomic E-state index is 13.5. The fraction of sp³-hybridized carbons (Fsp3) is 0.235. The molecule has 0 atom stereocenters. The second-order valence-corrected chi connectivity index (χ2v) is 6.15. The number of nitrogens with one attached hydrogen (secondary N) is 1. The maximum atomic E-state index is 13.5. The zero-order valence-electron chi connectivity index (χ0n) is 13.5. The van der Waals surface area contributed by atoms with Gasteiger partial charge >= 0.3 is 0 Å². The molecule has 24 heavy (non-hydrogen) atoms. The summed E-state index contributed by atoms with van der Waals surface area (Å²) < 4.78 is 13.5. The molecule has 5 nitrogen and oxygen atoms in total. The van der Waals surface area contributed by atoms with Gasteiger partial charge in [0.25, 0.3) is 5.91 Å². The quantitative estimate of drug-likeness (QED) is 0.816. The summed E-state index contributed by atoms with van der Waals surface area (Å²) in [5, 5.41) is 3.28. The average molecular weight is 347 g/mol. The summed E-state index contributed by atoms with van der Waals surface area (Å²) in [7, 11) is 1.48. The highest BCUT2D eigenvalue weighted by Gasteiger charge is 2.21. The van der Waals surface area contributed by atoms with E-state index in [4.69, 9.17) is 0 Å². The number of likely N-dealkylation sites (N-methyl/N-ethyl adjacent to an activating group) is 1. The number of halogens is 1. The molecule has 0 bridgehead atoms. The number of pyridine rings is 1. The number of anilines is 1. The molecule has 0 aliphatic rings. The average Bonchev–Trinajstić information content (AvgIpc) is 2.60. The Morgan fingerprint density at radius 2 is 2.08 bits per heavy atom. The van der Waals surface area contributed by atoms with Crippen molar-refractivity contribution in [3.63, 3.8) is 0 Å². The van der Waals surface area contributed by atoms with Crippen molar-refractivity contribution in [3.8, 4) is 0 Å². The van der Waals surface area contributed by atoms with Crippen LogP contribution in [0.1, 0.15) is 17.3 Å². The lowest BCUT2D eigenvalue weighted by Crippen LogP contribution is -2.39. The first-order valence-corrected chi connectivity index (χ1v) is 8.40. The number of carbonyl (C=O) groups excluding carboxylic acids is 2. The van der Waals surface area contributed by atoms with E-state index < -0.39 is 11.7 Å². The van der Waals surface area contributed by atoms with Crippen LogP contribution in [-0.4, -0.2) is 36.1 Å². The SMILES string of the molecule is CCSc1ccc(C(=O)N(CC(=O)NC)c2cccc(F)c2)cn1. The van der Waals surface area contributed by atoms with E-state index in [0.717, 1.165) is 10.8 Å². The second-order valence-electron chi connectivity index (χ2n) is 4.86. The van der Waals surface area contributed by atoms with Gasteiger partial charge in [-0.15, -0.1) is 11.8 Å². The van der Waals surface area contributed by atoms with Crippen molar-refractivity contribution in [1.29, 1.82) is 0 Å². The summed E-state index contributed by atoms with van der Waals surface area (Å²) in [6.45, 7) is 1.81. The molecule has 2 amide bonds. The molecule has 0 saturated carbocycles. The van der Waals surface area contributed by atoms with Crippen LogP contribution in [0.15, 0.2) is 47.6 Å². The smallest absolute Gasteiger partial charge is 0.260 e. The van der Waals surface area contributed by atoms with Gasteiger partial charge in [0.2, 0.25) is 5.91 Å². The van der Waals surface area contributed by atoms with E-state index in [0.29, 0.717) is 11.3 Å². The Labute approximate surface area is 144 Å². The fourth-order valence-corrected chi connectivity index (χ4v) is 2.63. The molecule has 1 heterocycles. The van der Waals surface area contributed by atoms with E-state index in [9.17, 15) is 14.0 Å². The number of amides is 2. The van der Waals surface area contributed by atoms with Gasteiger partial charge in [-0.3, -0.25) is 14.5 Å². The van der Waals surface area contributed by atoms with Crippen LogP contribution in [0.3, 0.4) is 0 Å². The number of hydrogen-bond donors (Lipinski definition) is 1. The number of aromatic nitrogens is 1. The van der Waals surface area contributed by atoms with Crippen LogP contribution >= 0.6 is 11.8 Å². The number of carbonyl (C=O) groups is 2. The molecular weight excluding hydrogens is 329 g/mol. The lowest BCUT2D eigenvalue weighted by Gasteiger charge is -2.22. The van der Waals surface area contributed by atoms with Gasteiger partial charge in [0.15, 0.2) is 0 Å². The third-order valence-corrected chi connectivity index (χ3v) is 4.05. The van der Waals surface area contributed by atoms with Gasteiger partial charge in [-0.1, -0.05) is 13.0 Å². The van der Waals surface area contributed by atoms with Crippen molar-refractivity contribution in [2.45, 2.75) is 11.9 Å². The van der Waals surface area contributed by atoms with Crippen LogP contribution in [0.4, 0.5) is 10.1 Å². The minimum atomic E-state index is -0.477. The first-order chi connectivity index (χ1) is 11.5. The van der Waals surface area contributed by atoms with Crippen molar-refractivity contribution in [2.24, 2.45) is 0 Å². The van der Waals surface area contributed by atoms with Gasteiger partial charge in [0.1, 0.15) is 12.4 Å². The van der Waals surface area contributed by atoms with Crippen LogP contribution in [0, 0.1) is 5.82 Å². The second kappa shape index (κ2) is 8.44. The number of rotatable bonds is 6. The van der Waals surface area contributed by atoms with Crippen molar-refractivity contribution in [1.82, 2.24) is 10.3 Å². The van der Waals surface area contributed by atoms with Gasteiger partial charge in [-0.05, 0) is 36.1 Å². The predicted octanol–water partition coefficient (Wildman–Crippen LogP) is 2.73. The van der Waals surface area contributed by atoms with Gasteiger partial charge < -0.3 is 5.32 Å². The van der Waals surface area contributed by atoms with E-state index in [1.165, 1.54) is 36.3 Å². The molecule has 126 valence electrons. The first kappa shape index (κ1) is 17.9. The lowest BCUT2D eigenvalue weighted by molar-refractivity contribution is -0.119. The molecule has 0 fully saturated rings. The third kappa shape index (κ3) is 4.55. The summed E-state index contributed by atoms with van der Waals surface area (Å²) in [4.78, 5) is 29.9. The largest absolute Gasteiger partial charge is 0.358 e. The summed E-state index contributed by atoms with van der Waals surface area (Å²) in [5.41, 5.74) is 0.652. The molecule has 0 unspecified atom stereocenters. The fourth-order valence-electron chi connectivity index (χ4n) is 2.04. The summed E-state index contributed by atoms with van der Waals surface area (Å²) in [6, 6.07) is 8.99. The lowest BCUT2D eigenvalue weighted by atomic mass is 10.2. The van der Waals surface area contributed by atoms with Crippen LogP contribution in [0.2, 0.25) is 0 Å². The normalized spacial score (nSPS) is 10.3. The molecule has 0 aliphatic carbocycles. The van der Waals surface area contributed by atoms with Crippen LogP contribution < -0.4 is 10.2 Å². The number of nitrogens with zero attached hydrogens (tertiary/aromatic N) is 2. The monoisotopic (exact) mass is 347 g/mol. The molecule has 0 spiro atoms. The Hall–Kier alpha value is -2.41. The molecule has 1 aromatic carbocycles. The molecule has 2 rings (SSSR count). The Balaban J connectivity index is 2.31. The summed E-state index contributed by atoms with van der Waals surface area (Å²) >= 11 is 1.57. The molecule has 0 saturated heterocycles. The standard InChI is InChI=1S/C17H18FN3O2S/c1-3-24-16-8-7-12(10-20-16)17(23)21(11-15(22)19-2)14-6-4-5-13(18)9-14/h4-10H,3,11H2,1-2H3,(H,19,22). The Morgan fingerprint density at radius 3 is 2.67 bits per heavy atom. The van der Waals surface area contributed by atoms with E-state index in [1.54, 1.807) is 30.0 Å². The van der Waals surface area contributed by atoms with Gasteiger partial charge in [-0.2, -0.15) is 0 Å². The highest BCUT2D eigenvalue weighted by molar-refractivity contribution is 7.99. The Bertz CT molecular complexity index is 722. The summed E-state index contributed by atoms with van der Waals surface area (Å²) in [6.07, 6.45) is 1.47. The molecule has 0 radical (unpaired) electrons. The number of benzene rings is 1. The highest BCUT2D eigenvalue weighted by atomic mass is 32.2. The summed E-state index contributed by atoms with van der Waals surface area (Å²) in [5.74, 6) is -0.356. The number of hydrogen-bond acceptors (Lipinski definition) is 4. The van der Waals surface area contributed by atoms with E-state index in [-0.39, 0.29) is 12.5 Å². The highest BCUT2D eigenvalue weighted by Crippen LogP contribution is 2.20. The third-order valence-electron chi connectivity index (χ3n) is 3.22. The van der Waals surface area contributed by atoms with Crippen LogP contribution in [-0.2, 0) is 4.79 Å². The van der Waals surface area contributed by atoms with E-state index in [1.807, 2.05) is 6.92 Å². The van der Waals surface area contributed by atoms with Crippen molar-refractivity contribution in [2.75, 3.05) is 24.2 Å². The zero-order valence-corrected chi connectivity index (χ0v) is 14.3. The molecular formula is C17H18FN3O2S. The molecule has 7 heteroatoms. The number of thioether (sulfide) groups is 1. The molecule has 1 aromatic heterocycles. The minimum absolute atomic E-state index is 0.204. The van der Waals surface area contributed by atoms with E-state index >= 15 is 0 Å². The first-order valence-electron chi connectivity index (χ1n) is 7.42. The van der Waals surface area contributed by atoms with Crippen molar-refractivity contribution >= 4 is 29.3 Å². The predicted molar refractivity (Wildman–Crippen MR) is 92.8 cm³/mol. The van der Waals surface area contributed by atoms with Crippen molar-refractivity contribution in [3.05, 3.63) is 54.0 Å². The van der Waals surface area contributed by atoms with Crippen LogP contribution in [0.5, 0.6) is 0 Å². The van der Waals surface area contributed by atoms with Crippen LogP contribution in [0.25, 0.3) is 0 Å². The van der Waals surface area contributed by atoms with Crippen molar-refractivity contribution < 1.29 is 14.0 Å². The Morgan fingerprint density at radius 1 is 1.29 bits per heavy atom. The maximum Gasteiger partial charge on any atom is 0.260 e. The molecule has 1 N–H and O–H groups in total. The van der Waals surface area contributed by atoms with Gasteiger partial charge in [0, 0.05) is 18.9 Å². The zero-order chi connectivity index (χ0) is 17.5.